The first-order chi connectivity index (χ1) is 11.1. The summed E-state index contributed by atoms with van der Waals surface area (Å²) in [6, 6.07) is 1.98. The van der Waals surface area contributed by atoms with Gasteiger partial charge in [-0.25, -0.2) is 4.98 Å². The van der Waals surface area contributed by atoms with E-state index in [1.54, 1.807) is 20.0 Å². The van der Waals surface area contributed by atoms with Crippen LogP contribution in [0.25, 0.3) is 0 Å². The Kier molecular flexibility index (Phi) is 4.47. The maximum absolute atomic E-state index is 12.2. The van der Waals surface area contributed by atoms with E-state index in [0.717, 1.165) is 18.7 Å². The number of nitrogens with zero attached hydrogens (tertiary/aromatic N) is 3. The molecule has 124 valence electrons. The van der Waals surface area contributed by atoms with E-state index >= 15 is 0 Å². The molecule has 1 fully saturated rings. The summed E-state index contributed by atoms with van der Waals surface area (Å²) < 4.78 is 13.2. The molecule has 1 saturated heterocycles. The summed E-state index contributed by atoms with van der Waals surface area (Å²) in [6.07, 6.45) is 2.67. The Morgan fingerprint density at radius 2 is 2.30 bits per heavy atom. The summed E-state index contributed by atoms with van der Waals surface area (Å²) >= 11 is 0. The Bertz CT molecular complexity index is 691. The molecule has 3 rings (SSSR count). The molecule has 2 aromatic heterocycles. The van der Waals surface area contributed by atoms with E-state index < -0.39 is 0 Å². The van der Waals surface area contributed by atoms with Crippen LogP contribution in [0.3, 0.4) is 0 Å². The third-order valence-electron chi connectivity index (χ3n) is 4.19. The van der Waals surface area contributed by atoms with Gasteiger partial charge in [0.15, 0.2) is 5.89 Å². The van der Waals surface area contributed by atoms with Crippen LogP contribution in [0, 0.1) is 19.8 Å². The van der Waals surface area contributed by atoms with Gasteiger partial charge in [0, 0.05) is 38.7 Å². The van der Waals surface area contributed by atoms with Crippen LogP contribution in [-0.4, -0.2) is 33.8 Å². The summed E-state index contributed by atoms with van der Waals surface area (Å²) in [4.78, 5) is 16.4. The largest absolute Gasteiger partial charge is 0.436 e. The van der Waals surface area contributed by atoms with Crippen molar-refractivity contribution in [2.24, 2.45) is 5.92 Å². The van der Waals surface area contributed by atoms with Gasteiger partial charge in [-0.3, -0.25) is 9.48 Å². The van der Waals surface area contributed by atoms with Crippen molar-refractivity contribution < 1.29 is 13.9 Å². The standard InChI is InChI=1S/C16H22N4O3/c1-4-20-13(5-7-18-20)15-12(6-8-22-15)9-17-16(21)14-10(2)19-11(3)23-14/h5,7,12,15H,4,6,8-9H2,1-3H3,(H,17,21)/t12-,15+/m0/s1. The molecule has 2 atom stereocenters. The molecule has 7 heteroatoms. The third kappa shape index (κ3) is 3.14. The molecular formula is C16H22N4O3. The minimum atomic E-state index is -0.224. The smallest absolute Gasteiger partial charge is 0.289 e. The topological polar surface area (TPSA) is 82.2 Å². The van der Waals surface area contributed by atoms with Crippen LogP contribution >= 0.6 is 0 Å². The highest BCUT2D eigenvalue weighted by Gasteiger charge is 2.32. The fourth-order valence-electron chi connectivity index (χ4n) is 3.06. The number of carbonyl (C=O) groups excluding carboxylic acids is 1. The quantitative estimate of drug-likeness (QED) is 0.912. The molecule has 0 bridgehead atoms. The number of hydrogen-bond acceptors (Lipinski definition) is 5. The normalized spacial score (nSPS) is 20.8. The zero-order valence-electron chi connectivity index (χ0n) is 13.7. The number of hydrogen-bond donors (Lipinski definition) is 1. The molecule has 7 nitrogen and oxygen atoms in total. The fraction of sp³-hybridized carbons (Fsp3) is 0.562. The number of carbonyl (C=O) groups is 1. The van der Waals surface area contributed by atoms with Crippen LogP contribution in [-0.2, 0) is 11.3 Å². The van der Waals surface area contributed by atoms with Gasteiger partial charge in [-0.05, 0) is 26.3 Å². The number of amides is 1. The van der Waals surface area contributed by atoms with E-state index in [-0.39, 0.29) is 23.7 Å². The number of aromatic nitrogens is 3. The number of nitrogens with one attached hydrogen (secondary N) is 1. The average molecular weight is 318 g/mol. The van der Waals surface area contributed by atoms with Crippen molar-refractivity contribution in [3.63, 3.8) is 0 Å². The molecule has 1 N–H and O–H groups in total. The zero-order chi connectivity index (χ0) is 16.4. The number of aryl methyl sites for hydroxylation is 3. The van der Waals surface area contributed by atoms with Crippen LogP contribution in [0.2, 0.25) is 0 Å². The van der Waals surface area contributed by atoms with Gasteiger partial charge in [-0.1, -0.05) is 0 Å². The second-order valence-corrected chi connectivity index (χ2v) is 5.77. The minimum absolute atomic E-state index is 0.0321. The highest BCUT2D eigenvalue weighted by Crippen LogP contribution is 2.34. The zero-order valence-corrected chi connectivity index (χ0v) is 13.7. The van der Waals surface area contributed by atoms with Gasteiger partial charge in [0.1, 0.15) is 6.10 Å². The first-order valence-corrected chi connectivity index (χ1v) is 7.95. The molecule has 0 spiro atoms. The van der Waals surface area contributed by atoms with E-state index in [0.29, 0.717) is 24.7 Å². The van der Waals surface area contributed by atoms with Gasteiger partial charge in [0.05, 0.1) is 11.4 Å². The summed E-state index contributed by atoms with van der Waals surface area (Å²) in [5.41, 5.74) is 1.68. The lowest BCUT2D eigenvalue weighted by Gasteiger charge is -2.19. The monoisotopic (exact) mass is 318 g/mol. The fourth-order valence-corrected chi connectivity index (χ4v) is 3.06. The molecule has 1 aliphatic heterocycles. The Balaban J connectivity index is 1.65. The van der Waals surface area contributed by atoms with E-state index in [9.17, 15) is 4.79 Å². The lowest BCUT2D eigenvalue weighted by molar-refractivity contribution is 0.0785. The number of ether oxygens (including phenoxy) is 1. The van der Waals surface area contributed by atoms with Crippen molar-refractivity contribution in [1.29, 1.82) is 0 Å². The van der Waals surface area contributed by atoms with Crippen LogP contribution in [0.1, 0.15) is 47.3 Å². The van der Waals surface area contributed by atoms with Gasteiger partial charge in [0.25, 0.3) is 5.91 Å². The van der Waals surface area contributed by atoms with Crippen LogP contribution in [0.15, 0.2) is 16.7 Å². The molecular weight excluding hydrogens is 296 g/mol. The van der Waals surface area contributed by atoms with Gasteiger partial charge in [-0.15, -0.1) is 0 Å². The Hall–Kier alpha value is -2.15. The second kappa shape index (κ2) is 6.54. The van der Waals surface area contributed by atoms with Crippen molar-refractivity contribution >= 4 is 5.91 Å². The molecule has 0 unspecified atom stereocenters. The summed E-state index contributed by atoms with van der Waals surface area (Å²) in [5.74, 6) is 0.793. The summed E-state index contributed by atoms with van der Waals surface area (Å²) in [5, 5.41) is 7.24. The third-order valence-corrected chi connectivity index (χ3v) is 4.19. The van der Waals surface area contributed by atoms with Crippen molar-refractivity contribution in [2.45, 2.75) is 39.8 Å². The van der Waals surface area contributed by atoms with Crippen molar-refractivity contribution in [2.75, 3.05) is 13.2 Å². The first-order valence-electron chi connectivity index (χ1n) is 7.95. The van der Waals surface area contributed by atoms with Gasteiger partial charge in [0.2, 0.25) is 5.76 Å². The molecule has 23 heavy (non-hydrogen) atoms. The first kappa shape index (κ1) is 15.7. The minimum Gasteiger partial charge on any atom is -0.436 e. The molecule has 0 aromatic carbocycles. The van der Waals surface area contributed by atoms with Crippen molar-refractivity contribution in [3.05, 3.63) is 35.3 Å². The lowest BCUT2D eigenvalue weighted by Crippen LogP contribution is -2.31. The molecule has 2 aromatic rings. The number of oxazole rings is 1. The van der Waals surface area contributed by atoms with Crippen molar-refractivity contribution in [1.82, 2.24) is 20.1 Å². The summed E-state index contributed by atoms with van der Waals surface area (Å²) in [6.45, 7) is 7.59. The number of rotatable bonds is 5. The molecule has 3 heterocycles. The van der Waals surface area contributed by atoms with E-state index in [1.165, 1.54) is 0 Å². The molecule has 1 aliphatic rings. The Labute approximate surface area is 135 Å². The predicted octanol–water partition coefficient (Wildman–Crippen LogP) is 2.02. The maximum Gasteiger partial charge on any atom is 0.289 e. The van der Waals surface area contributed by atoms with Crippen LogP contribution in [0.5, 0.6) is 0 Å². The van der Waals surface area contributed by atoms with Crippen LogP contribution < -0.4 is 5.32 Å². The van der Waals surface area contributed by atoms with Crippen molar-refractivity contribution in [3.8, 4) is 0 Å². The molecule has 0 saturated carbocycles. The SMILES string of the molecule is CCn1nccc1[C@@H]1OCC[C@H]1CNC(=O)c1oc(C)nc1C. The second-order valence-electron chi connectivity index (χ2n) is 5.77. The summed E-state index contributed by atoms with van der Waals surface area (Å²) in [7, 11) is 0. The highest BCUT2D eigenvalue weighted by molar-refractivity contribution is 5.92. The van der Waals surface area contributed by atoms with E-state index in [2.05, 4.69) is 22.3 Å². The Morgan fingerprint density at radius 1 is 1.48 bits per heavy atom. The molecule has 1 amide bonds. The molecule has 0 radical (unpaired) electrons. The average Bonchev–Trinajstić information content (AvgIpc) is 3.23. The Morgan fingerprint density at radius 3 is 3.00 bits per heavy atom. The highest BCUT2D eigenvalue weighted by atomic mass is 16.5. The van der Waals surface area contributed by atoms with Gasteiger partial charge in [-0.2, -0.15) is 5.10 Å². The lowest BCUT2D eigenvalue weighted by atomic mass is 9.99. The van der Waals surface area contributed by atoms with E-state index in [1.807, 2.05) is 10.7 Å². The van der Waals surface area contributed by atoms with Gasteiger partial charge < -0.3 is 14.5 Å². The van der Waals surface area contributed by atoms with Crippen LogP contribution in [0.4, 0.5) is 0 Å². The van der Waals surface area contributed by atoms with Gasteiger partial charge >= 0.3 is 0 Å². The van der Waals surface area contributed by atoms with E-state index in [4.69, 9.17) is 9.15 Å². The predicted molar refractivity (Wildman–Crippen MR) is 83.0 cm³/mol. The molecule has 0 aliphatic carbocycles. The maximum atomic E-state index is 12.2.